The molecule has 8 heteroatoms. The van der Waals surface area contributed by atoms with Gasteiger partial charge in [0.2, 0.25) is 11.7 Å². The monoisotopic (exact) mass is 343 g/mol. The summed E-state index contributed by atoms with van der Waals surface area (Å²) >= 11 is 0. The Balaban J connectivity index is 1.53. The molecule has 2 aromatic rings. The zero-order valence-corrected chi connectivity index (χ0v) is 14.0. The molecule has 8 nitrogen and oxygen atoms in total. The van der Waals surface area contributed by atoms with E-state index in [0.29, 0.717) is 25.7 Å². The van der Waals surface area contributed by atoms with Gasteiger partial charge in [0.05, 0.1) is 19.4 Å². The third-order valence-corrected chi connectivity index (χ3v) is 4.87. The third-order valence-electron chi connectivity index (χ3n) is 4.87. The minimum Gasteiger partial charge on any atom is -0.379 e. The Hall–Kier alpha value is -2.48. The first-order chi connectivity index (χ1) is 12.3. The SMILES string of the molecule is O=C(c1ccno1)N1CCC[C@]2(COCCN(c3ncccn3)C2)C1. The zero-order chi connectivity index (χ0) is 17.1. The van der Waals surface area contributed by atoms with Gasteiger partial charge in [-0.25, -0.2) is 9.97 Å². The van der Waals surface area contributed by atoms with E-state index in [4.69, 9.17) is 9.26 Å². The smallest absolute Gasteiger partial charge is 0.292 e. The first kappa shape index (κ1) is 16.0. The van der Waals surface area contributed by atoms with Gasteiger partial charge in [0, 0.05) is 50.1 Å². The minimum absolute atomic E-state index is 0.108. The highest BCUT2D eigenvalue weighted by Crippen LogP contribution is 2.34. The third kappa shape index (κ3) is 3.34. The lowest BCUT2D eigenvalue weighted by molar-refractivity contribution is 0.0119. The molecule has 1 amide bonds. The van der Waals surface area contributed by atoms with Crippen molar-refractivity contribution in [3.05, 3.63) is 36.5 Å². The van der Waals surface area contributed by atoms with Gasteiger partial charge in [-0.05, 0) is 18.9 Å². The van der Waals surface area contributed by atoms with Crippen LogP contribution in [0.4, 0.5) is 5.95 Å². The van der Waals surface area contributed by atoms with Crippen molar-refractivity contribution in [2.24, 2.45) is 5.41 Å². The van der Waals surface area contributed by atoms with E-state index in [1.165, 1.54) is 6.20 Å². The van der Waals surface area contributed by atoms with Crippen molar-refractivity contribution in [1.82, 2.24) is 20.0 Å². The maximum Gasteiger partial charge on any atom is 0.292 e. The molecule has 0 N–H and O–H groups in total. The number of hydrogen-bond donors (Lipinski definition) is 0. The molecule has 2 fully saturated rings. The molecule has 4 heterocycles. The van der Waals surface area contributed by atoms with Crippen LogP contribution in [0.5, 0.6) is 0 Å². The second kappa shape index (κ2) is 6.79. The summed E-state index contributed by atoms with van der Waals surface area (Å²) in [4.78, 5) is 25.4. The van der Waals surface area contributed by atoms with Crippen molar-refractivity contribution < 1.29 is 14.1 Å². The average Bonchev–Trinajstić information content (AvgIpc) is 3.12. The largest absolute Gasteiger partial charge is 0.379 e. The fourth-order valence-corrected chi connectivity index (χ4v) is 3.73. The molecule has 4 rings (SSSR count). The molecule has 2 aliphatic rings. The summed E-state index contributed by atoms with van der Waals surface area (Å²) in [5.74, 6) is 0.893. The van der Waals surface area contributed by atoms with E-state index in [1.807, 2.05) is 11.0 Å². The molecule has 2 aliphatic heterocycles. The summed E-state index contributed by atoms with van der Waals surface area (Å²) in [5.41, 5.74) is -0.121. The predicted octanol–water partition coefficient (Wildman–Crippen LogP) is 1.22. The van der Waals surface area contributed by atoms with Gasteiger partial charge in [-0.3, -0.25) is 4.79 Å². The highest BCUT2D eigenvalue weighted by Gasteiger charge is 2.41. The quantitative estimate of drug-likeness (QED) is 0.810. The fourth-order valence-electron chi connectivity index (χ4n) is 3.73. The van der Waals surface area contributed by atoms with Crippen LogP contribution in [0.3, 0.4) is 0 Å². The highest BCUT2D eigenvalue weighted by molar-refractivity contribution is 5.91. The van der Waals surface area contributed by atoms with Gasteiger partial charge in [0.25, 0.3) is 5.91 Å². The molecular formula is C17H21N5O3. The second-order valence-corrected chi connectivity index (χ2v) is 6.73. The van der Waals surface area contributed by atoms with Gasteiger partial charge in [-0.1, -0.05) is 5.16 Å². The van der Waals surface area contributed by atoms with Crippen LogP contribution in [0.1, 0.15) is 23.4 Å². The van der Waals surface area contributed by atoms with Crippen LogP contribution in [0.25, 0.3) is 0 Å². The second-order valence-electron chi connectivity index (χ2n) is 6.73. The summed E-state index contributed by atoms with van der Waals surface area (Å²) in [5, 5.41) is 3.64. The maximum atomic E-state index is 12.6. The van der Waals surface area contributed by atoms with Crippen LogP contribution in [-0.2, 0) is 4.74 Å². The van der Waals surface area contributed by atoms with Gasteiger partial charge in [-0.15, -0.1) is 0 Å². The van der Waals surface area contributed by atoms with Gasteiger partial charge in [-0.2, -0.15) is 0 Å². The molecule has 0 aromatic carbocycles. The molecule has 1 atom stereocenters. The van der Waals surface area contributed by atoms with E-state index in [-0.39, 0.29) is 17.1 Å². The van der Waals surface area contributed by atoms with Gasteiger partial charge in [0.15, 0.2) is 0 Å². The Morgan fingerprint density at radius 1 is 1.16 bits per heavy atom. The molecule has 0 radical (unpaired) electrons. The topological polar surface area (TPSA) is 84.6 Å². The maximum absolute atomic E-state index is 12.6. The predicted molar refractivity (Wildman–Crippen MR) is 89.1 cm³/mol. The van der Waals surface area contributed by atoms with E-state index in [1.54, 1.807) is 18.5 Å². The van der Waals surface area contributed by atoms with Crippen molar-refractivity contribution in [2.75, 3.05) is 44.3 Å². The van der Waals surface area contributed by atoms with Crippen molar-refractivity contribution in [1.29, 1.82) is 0 Å². The minimum atomic E-state index is -0.121. The van der Waals surface area contributed by atoms with E-state index in [9.17, 15) is 4.79 Å². The normalized spacial score (nSPS) is 24.3. The van der Waals surface area contributed by atoms with Crippen LogP contribution in [0.2, 0.25) is 0 Å². The van der Waals surface area contributed by atoms with Crippen molar-refractivity contribution in [2.45, 2.75) is 12.8 Å². The van der Waals surface area contributed by atoms with Crippen LogP contribution in [-0.4, -0.2) is 65.3 Å². The van der Waals surface area contributed by atoms with E-state index < -0.39 is 0 Å². The first-order valence-electron chi connectivity index (χ1n) is 8.55. The number of nitrogens with zero attached hydrogens (tertiary/aromatic N) is 5. The molecule has 25 heavy (non-hydrogen) atoms. The summed E-state index contributed by atoms with van der Waals surface area (Å²) in [6, 6.07) is 3.42. The number of aromatic nitrogens is 3. The summed E-state index contributed by atoms with van der Waals surface area (Å²) in [6.07, 6.45) is 6.95. The lowest BCUT2D eigenvalue weighted by Crippen LogP contribution is -2.52. The Kier molecular flexibility index (Phi) is 4.35. The molecule has 2 aromatic heterocycles. The Morgan fingerprint density at radius 3 is 2.84 bits per heavy atom. The van der Waals surface area contributed by atoms with Crippen molar-refractivity contribution >= 4 is 11.9 Å². The van der Waals surface area contributed by atoms with E-state index in [0.717, 1.165) is 32.5 Å². The number of carbonyl (C=O) groups excluding carboxylic acids is 1. The lowest BCUT2D eigenvalue weighted by atomic mass is 9.80. The first-order valence-corrected chi connectivity index (χ1v) is 8.55. The fraction of sp³-hybridized carbons (Fsp3) is 0.529. The zero-order valence-electron chi connectivity index (χ0n) is 14.0. The molecule has 0 bridgehead atoms. The number of rotatable bonds is 2. The number of likely N-dealkylation sites (tertiary alicyclic amines) is 1. The molecular weight excluding hydrogens is 322 g/mol. The summed E-state index contributed by atoms with van der Waals surface area (Å²) < 4.78 is 10.9. The van der Waals surface area contributed by atoms with Crippen molar-refractivity contribution in [3.8, 4) is 0 Å². The van der Waals surface area contributed by atoms with Crippen LogP contribution in [0, 0.1) is 5.41 Å². The molecule has 2 saturated heterocycles. The van der Waals surface area contributed by atoms with Gasteiger partial charge < -0.3 is 19.1 Å². The molecule has 0 aliphatic carbocycles. The van der Waals surface area contributed by atoms with Crippen LogP contribution < -0.4 is 4.90 Å². The Morgan fingerprint density at radius 2 is 2.04 bits per heavy atom. The summed E-state index contributed by atoms with van der Waals surface area (Å²) in [7, 11) is 0. The average molecular weight is 343 g/mol. The standard InChI is InChI=1S/C17H21N5O3/c23-15(14-3-7-20-25-14)21-8-1-4-17(11-21)12-22(9-10-24-13-17)16-18-5-2-6-19-16/h2-3,5-7H,1,4,8-13H2/t17-/m0/s1. The number of carbonyl (C=O) groups is 1. The number of ether oxygens (including phenoxy) is 1. The van der Waals surface area contributed by atoms with Gasteiger partial charge >= 0.3 is 0 Å². The molecule has 0 saturated carbocycles. The lowest BCUT2D eigenvalue weighted by Gasteiger charge is -2.43. The Labute approximate surface area is 145 Å². The Bertz CT molecular complexity index is 708. The summed E-state index contributed by atoms with van der Waals surface area (Å²) in [6.45, 7) is 4.16. The van der Waals surface area contributed by atoms with Gasteiger partial charge in [0.1, 0.15) is 0 Å². The van der Waals surface area contributed by atoms with Crippen LogP contribution in [0.15, 0.2) is 35.2 Å². The molecule has 1 spiro atoms. The van der Waals surface area contributed by atoms with E-state index >= 15 is 0 Å². The van der Waals surface area contributed by atoms with E-state index in [2.05, 4.69) is 20.0 Å². The number of amides is 1. The number of hydrogen-bond acceptors (Lipinski definition) is 7. The molecule has 0 unspecified atom stereocenters. The highest BCUT2D eigenvalue weighted by atomic mass is 16.5. The van der Waals surface area contributed by atoms with Crippen LogP contribution >= 0.6 is 0 Å². The number of anilines is 1. The number of piperidine rings is 1. The van der Waals surface area contributed by atoms with Crippen molar-refractivity contribution in [3.63, 3.8) is 0 Å². The molecule has 132 valence electrons.